The van der Waals surface area contributed by atoms with E-state index < -0.39 is 0 Å². The summed E-state index contributed by atoms with van der Waals surface area (Å²) in [6.45, 7) is 5.93. The van der Waals surface area contributed by atoms with Crippen molar-refractivity contribution in [3.63, 3.8) is 0 Å². The Labute approximate surface area is 169 Å². The van der Waals surface area contributed by atoms with Crippen molar-refractivity contribution in [2.24, 2.45) is 0 Å². The lowest BCUT2D eigenvalue weighted by molar-refractivity contribution is -0.104. The number of hydrogen-bond acceptors (Lipinski definition) is 4. The highest BCUT2D eigenvalue weighted by Gasteiger charge is 2.11. The summed E-state index contributed by atoms with van der Waals surface area (Å²) in [5.41, 5.74) is 5.28. The Kier molecular flexibility index (Phi) is 7.05. The summed E-state index contributed by atoms with van der Waals surface area (Å²) in [5, 5.41) is 7.90. The Bertz CT molecular complexity index is 980. The van der Waals surface area contributed by atoms with E-state index in [9.17, 15) is 9.18 Å². The second-order valence-corrected chi connectivity index (χ2v) is 6.72. The maximum absolute atomic E-state index is 13.3. The predicted octanol–water partition coefficient (Wildman–Crippen LogP) is 3.85. The number of aromatic nitrogens is 2. The van der Waals surface area contributed by atoms with Crippen LogP contribution in [0.2, 0.25) is 0 Å². The lowest BCUT2D eigenvalue weighted by atomic mass is 9.97. The molecule has 150 valence electrons. The van der Waals surface area contributed by atoms with E-state index in [1.165, 1.54) is 12.1 Å². The fraction of sp³-hybridized carbons (Fsp3) is 0.217. The number of hydrogen-bond donors (Lipinski definition) is 1. The van der Waals surface area contributed by atoms with Gasteiger partial charge in [-0.25, -0.2) is 4.39 Å². The van der Waals surface area contributed by atoms with E-state index in [1.807, 2.05) is 29.1 Å². The number of nitrogens with one attached hydrogen (secondary N) is 1. The number of halogens is 1. The maximum Gasteiger partial charge on any atom is 0.146 e. The van der Waals surface area contributed by atoms with Crippen LogP contribution in [0.4, 0.5) is 4.39 Å². The molecule has 0 amide bonds. The van der Waals surface area contributed by atoms with Crippen molar-refractivity contribution in [1.29, 1.82) is 0 Å². The molecule has 0 bridgehead atoms. The van der Waals surface area contributed by atoms with Crippen LogP contribution in [0.15, 0.2) is 66.9 Å². The Morgan fingerprint density at radius 2 is 1.97 bits per heavy atom. The molecule has 1 heterocycles. The van der Waals surface area contributed by atoms with Crippen LogP contribution in [0.5, 0.6) is 0 Å². The summed E-state index contributed by atoms with van der Waals surface area (Å²) in [6.07, 6.45) is 2.67. The van der Waals surface area contributed by atoms with Crippen LogP contribution in [0.3, 0.4) is 0 Å². The molecule has 0 fully saturated rings. The normalized spacial score (nSPS) is 10.8. The van der Waals surface area contributed by atoms with Crippen LogP contribution in [0, 0.1) is 5.82 Å². The molecule has 0 aliphatic heterocycles. The second-order valence-electron chi connectivity index (χ2n) is 6.72. The molecule has 0 saturated carbocycles. The van der Waals surface area contributed by atoms with Gasteiger partial charge in [0.15, 0.2) is 0 Å². The van der Waals surface area contributed by atoms with Gasteiger partial charge in [-0.15, -0.1) is 0 Å². The van der Waals surface area contributed by atoms with E-state index in [0.29, 0.717) is 31.8 Å². The van der Waals surface area contributed by atoms with Crippen molar-refractivity contribution in [1.82, 2.24) is 15.1 Å². The average molecular weight is 393 g/mol. The number of carbonyl (C=O) groups is 1. The fourth-order valence-corrected chi connectivity index (χ4v) is 3.01. The molecule has 2 aromatic carbocycles. The number of rotatable bonds is 10. The zero-order valence-corrected chi connectivity index (χ0v) is 16.4. The van der Waals surface area contributed by atoms with Crippen molar-refractivity contribution in [3.05, 3.63) is 78.3 Å². The summed E-state index contributed by atoms with van der Waals surface area (Å²) in [6, 6.07) is 14.5. The Balaban J connectivity index is 1.92. The van der Waals surface area contributed by atoms with Crippen molar-refractivity contribution >= 4 is 6.29 Å². The van der Waals surface area contributed by atoms with Crippen LogP contribution in [0.1, 0.15) is 5.56 Å². The van der Waals surface area contributed by atoms with Crippen molar-refractivity contribution < 1.29 is 13.9 Å². The molecule has 5 nitrogen and oxygen atoms in total. The van der Waals surface area contributed by atoms with Crippen LogP contribution in [0.25, 0.3) is 22.4 Å². The number of aldehydes is 1. The quantitative estimate of drug-likeness (QED) is 0.420. The first-order valence-corrected chi connectivity index (χ1v) is 9.36. The predicted molar refractivity (Wildman–Crippen MR) is 112 cm³/mol. The molecule has 1 aromatic heterocycles. The van der Waals surface area contributed by atoms with Crippen molar-refractivity contribution in [3.8, 4) is 22.4 Å². The molecule has 0 aliphatic rings. The standard InChI is InChI=1S/C23H24FN3O2/c1-17(16-28)14-25-15-20-4-3-19(18-5-7-21(24)8-6-18)13-22(20)23-9-10-27(26-23)11-12-29-2/h3-10,13,16,25H,1,11-12,14-15H2,2H3. The number of benzene rings is 2. The third-order valence-corrected chi connectivity index (χ3v) is 4.56. The molecule has 3 aromatic rings. The molecule has 0 radical (unpaired) electrons. The highest BCUT2D eigenvalue weighted by atomic mass is 19.1. The molecule has 1 N–H and O–H groups in total. The zero-order valence-electron chi connectivity index (χ0n) is 16.4. The van der Waals surface area contributed by atoms with Gasteiger partial charge < -0.3 is 10.1 Å². The van der Waals surface area contributed by atoms with Gasteiger partial charge in [-0.05, 0) is 46.5 Å². The minimum atomic E-state index is -0.262. The molecule has 6 heteroatoms. The molecule has 0 aliphatic carbocycles. The SMILES string of the molecule is C=C(C=O)CNCc1ccc(-c2ccc(F)cc2)cc1-c1ccn(CCOC)n1. The first kappa shape index (κ1) is 20.6. The summed E-state index contributed by atoms with van der Waals surface area (Å²) >= 11 is 0. The maximum atomic E-state index is 13.3. The van der Waals surface area contributed by atoms with Gasteiger partial charge in [0.25, 0.3) is 0 Å². The molecular formula is C23H24FN3O2. The van der Waals surface area contributed by atoms with Gasteiger partial charge in [0.1, 0.15) is 12.1 Å². The van der Waals surface area contributed by atoms with Gasteiger partial charge >= 0.3 is 0 Å². The summed E-state index contributed by atoms with van der Waals surface area (Å²) in [7, 11) is 1.66. The van der Waals surface area contributed by atoms with E-state index in [4.69, 9.17) is 4.74 Å². The smallest absolute Gasteiger partial charge is 0.146 e. The highest BCUT2D eigenvalue weighted by Crippen LogP contribution is 2.29. The van der Waals surface area contributed by atoms with Crippen LogP contribution in [-0.2, 0) is 22.6 Å². The van der Waals surface area contributed by atoms with E-state index in [1.54, 1.807) is 19.2 Å². The fourth-order valence-electron chi connectivity index (χ4n) is 3.01. The van der Waals surface area contributed by atoms with Crippen molar-refractivity contribution in [2.45, 2.75) is 13.1 Å². The zero-order chi connectivity index (χ0) is 20.6. The average Bonchev–Trinajstić information content (AvgIpc) is 3.21. The third-order valence-electron chi connectivity index (χ3n) is 4.56. The summed E-state index contributed by atoms with van der Waals surface area (Å²) in [4.78, 5) is 10.8. The van der Waals surface area contributed by atoms with E-state index in [0.717, 1.165) is 34.2 Å². The Morgan fingerprint density at radius 3 is 2.69 bits per heavy atom. The third kappa shape index (κ3) is 5.47. The lowest BCUT2D eigenvalue weighted by Crippen LogP contribution is -2.17. The largest absolute Gasteiger partial charge is 0.383 e. The van der Waals surface area contributed by atoms with Gasteiger partial charge in [-0.2, -0.15) is 5.10 Å². The van der Waals surface area contributed by atoms with Gasteiger partial charge in [-0.3, -0.25) is 9.48 Å². The monoisotopic (exact) mass is 393 g/mol. The molecule has 0 atom stereocenters. The minimum Gasteiger partial charge on any atom is -0.383 e. The Morgan fingerprint density at radius 1 is 1.21 bits per heavy atom. The second kappa shape index (κ2) is 9.91. The van der Waals surface area contributed by atoms with Crippen LogP contribution < -0.4 is 5.32 Å². The summed E-state index contributed by atoms with van der Waals surface area (Å²) < 4.78 is 20.2. The molecule has 29 heavy (non-hydrogen) atoms. The molecular weight excluding hydrogens is 369 g/mol. The van der Waals surface area contributed by atoms with E-state index in [-0.39, 0.29) is 5.82 Å². The minimum absolute atomic E-state index is 0.262. The first-order chi connectivity index (χ1) is 14.1. The van der Waals surface area contributed by atoms with Gasteiger partial charge in [-0.1, -0.05) is 30.8 Å². The number of methoxy groups -OCH3 is 1. The van der Waals surface area contributed by atoms with E-state index >= 15 is 0 Å². The van der Waals surface area contributed by atoms with Crippen LogP contribution >= 0.6 is 0 Å². The molecule has 0 unspecified atom stereocenters. The van der Waals surface area contributed by atoms with Crippen LogP contribution in [-0.4, -0.2) is 36.3 Å². The number of nitrogens with zero attached hydrogens (tertiary/aromatic N) is 2. The Hall–Kier alpha value is -3.09. The molecule has 0 saturated heterocycles. The first-order valence-electron chi connectivity index (χ1n) is 9.36. The van der Waals surface area contributed by atoms with Crippen molar-refractivity contribution in [2.75, 3.05) is 20.3 Å². The topological polar surface area (TPSA) is 56.2 Å². The van der Waals surface area contributed by atoms with Gasteiger partial charge in [0, 0.05) is 32.0 Å². The molecule has 3 rings (SSSR count). The lowest BCUT2D eigenvalue weighted by Gasteiger charge is -2.12. The molecule has 0 spiro atoms. The van der Waals surface area contributed by atoms with Gasteiger partial charge in [0.2, 0.25) is 0 Å². The highest BCUT2D eigenvalue weighted by molar-refractivity contribution is 5.74. The summed E-state index contributed by atoms with van der Waals surface area (Å²) in [5.74, 6) is -0.262. The van der Waals surface area contributed by atoms with Gasteiger partial charge in [0.05, 0.1) is 18.8 Å². The van der Waals surface area contributed by atoms with E-state index in [2.05, 4.69) is 23.1 Å². The number of carbonyl (C=O) groups excluding carboxylic acids is 1. The number of ether oxygens (including phenoxy) is 1.